The molecule has 1 fully saturated rings. The van der Waals surface area contributed by atoms with Crippen molar-refractivity contribution in [3.63, 3.8) is 0 Å². The normalized spacial score (nSPS) is 17.8. The standard InChI is InChI=1S/C24H33N3O/c1-20(23-11-7-4-8-12-23)19-25-24(28)21(2)27-17-15-26(16-18-27)14-13-22-9-5-3-6-10-22/h3-12,20-21H,13-19H2,1-2H3,(H,25,28). The molecular formula is C24H33N3O. The average molecular weight is 380 g/mol. The van der Waals surface area contributed by atoms with Crippen molar-refractivity contribution in [3.05, 3.63) is 71.8 Å². The lowest BCUT2D eigenvalue weighted by atomic mass is 10.0. The summed E-state index contributed by atoms with van der Waals surface area (Å²) < 4.78 is 0. The van der Waals surface area contributed by atoms with Crippen molar-refractivity contribution in [2.75, 3.05) is 39.3 Å². The highest BCUT2D eigenvalue weighted by Crippen LogP contribution is 2.14. The monoisotopic (exact) mass is 379 g/mol. The number of carbonyl (C=O) groups excluding carboxylic acids is 1. The Kier molecular flexibility index (Phi) is 7.63. The van der Waals surface area contributed by atoms with Crippen molar-refractivity contribution in [3.8, 4) is 0 Å². The Morgan fingerprint density at radius 3 is 2.18 bits per heavy atom. The number of benzene rings is 2. The van der Waals surface area contributed by atoms with Crippen LogP contribution in [0.3, 0.4) is 0 Å². The second-order valence-electron chi connectivity index (χ2n) is 7.85. The molecular weight excluding hydrogens is 346 g/mol. The van der Waals surface area contributed by atoms with Crippen LogP contribution in [0.15, 0.2) is 60.7 Å². The first-order valence-corrected chi connectivity index (χ1v) is 10.5. The highest BCUT2D eigenvalue weighted by molar-refractivity contribution is 5.81. The first-order valence-electron chi connectivity index (χ1n) is 10.5. The van der Waals surface area contributed by atoms with Crippen molar-refractivity contribution >= 4 is 5.91 Å². The van der Waals surface area contributed by atoms with Gasteiger partial charge in [-0.3, -0.25) is 9.69 Å². The first kappa shape index (κ1) is 20.6. The van der Waals surface area contributed by atoms with Gasteiger partial charge in [-0.25, -0.2) is 0 Å². The Balaban J connectivity index is 1.38. The van der Waals surface area contributed by atoms with E-state index >= 15 is 0 Å². The average Bonchev–Trinajstić information content (AvgIpc) is 2.77. The molecule has 1 saturated heterocycles. The van der Waals surface area contributed by atoms with Crippen LogP contribution in [0.4, 0.5) is 0 Å². The van der Waals surface area contributed by atoms with Gasteiger partial charge in [0, 0.05) is 39.3 Å². The van der Waals surface area contributed by atoms with E-state index in [1.165, 1.54) is 11.1 Å². The second kappa shape index (κ2) is 10.4. The number of piperazine rings is 1. The van der Waals surface area contributed by atoms with Gasteiger partial charge in [0.25, 0.3) is 0 Å². The van der Waals surface area contributed by atoms with Gasteiger partial charge in [0.15, 0.2) is 0 Å². The molecule has 1 amide bonds. The molecule has 4 nitrogen and oxygen atoms in total. The lowest BCUT2D eigenvalue weighted by Gasteiger charge is -2.37. The summed E-state index contributed by atoms with van der Waals surface area (Å²) in [5.41, 5.74) is 2.66. The predicted molar refractivity (Wildman–Crippen MR) is 115 cm³/mol. The smallest absolute Gasteiger partial charge is 0.237 e. The van der Waals surface area contributed by atoms with Gasteiger partial charge >= 0.3 is 0 Å². The fourth-order valence-electron chi connectivity index (χ4n) is 3.77. The molecule has 2 atom stereocenters. The molecule has 0 aliphatic carbocycles. The maximum absolute atomic E-state index is 12.6. The van der Waals surface area contributed by atoms with Crippen LogP contribution in [0.1, 0.15) is 30.9 Å². The summed E-state index contributed by atoms with van der Waals surface area (Å²) in [5.74, 6) is 0.465. The van der Waals surface area contributed by atoms with Crippen molar-refractivity contribution in [1.29, 1.82) is 0 Å². The molecule has 0 aromatic heterocycles. The lowest BCUT2D eigenvalue weighted by Crippen LogP contribution is -2.54. The third-order valence-electron chi connectivity index (χ3n) is 5.84. The van der Waals surface area contributed by atoms with E-state index in [4.69, 9.17) is 0 Å². The van der Waals surface area contributed by atoms with Crippen LogP contribution in [0, 0.1) is 0 Å². The van der Waals surface area contributed by atoms with Gasteiger partial charge in [0.2, 0.25) is 5.91 Å². The number of amides is 1. The van der Waals surface area contributed by atoms with Gasteiger partial charge in [-0.05, 0) is 30.4 Å². The molecule has 1 aliphatic heterocycles. The van der Waals surface area contributed by atoms with Crippen LogP contribution in [0.2, 0.25) is 0 Å². The maximum atomic E-state index is 12.6. The second-order valence-corrected chi connectivity index (χ2v) is 7.85. The van der Waals surface area contributed by atoms with Crippen LogP contribution < -0.4 is 5.32 Å². The molecule has 0 radical (unpaired) electrons. The van der Waals surface area contributed by atoms with Gasteiger partial charge in [0.1, 0.15) is 0 Å². The molecule has 1 N–H and O–H groups in total. The van der Waals surface area contributed by atoms with E-state index in [2.05, 4.69) is 64.5 Å². The molecule has 150 valence electrons. The molecule has 2 unspecified atom stereocenters. The van der Waals surface area contributed by atoms with Crippen LogP contribution in [0.5, 0.6) is 0 Å². The van der Waals surface area contributed by atoms with E-state index in [9.17, 15) is 4.79 Å². The summed E-state index contributed by atoms with van der Waals surface area (Å²) in [5, 5.41) is 3.14. The van der Waals surface area contributed by atoms with Crippen molar-refractivity contribution < 1.29 is 4.79 Å². The number of hydrogen-bond acceptors (Lipinski definition) is 3. The first-order chi connectivity index (χ1) is 13.6. The fraction of sp³-hybridized carbons (Fsp3) is 0.458. The zero-order valence-electron chi connectivity index (χ0n) is 17.2. The zero-order chi connectivity index (χ0) is 19.8. The van der Waals surface area contributed by atoms with Gasteiger partial charge in [-0.1, -0.05) is 67.6 Å². The van der Waals surface area contributed by atoms with Crippen LogP contribution in [-0.4, -0.2) is 61.0 Å². The third-order valence-corrected chi connectivity index (χ3v) is 5.84. The molecule has 1 aliphatic rings. The minimum atomic E-state index is -0.0701. The molecule has 3 rings (SSSR count). The summed E-state index contributed by atoms with van der Waals surface area (Å²) in [6.45, 7) is 9.94. The van der Waals surface area contributed by atoms with Gasteiger partial charge in [-0.2, -0.15) is 0 Å². The molecule has 2 aromatic rings. The molecule has 0 bridgehead atoms. The van der Waals surface area contributed by atoms with Crippen LogP contribution in [0.25, 0.3) is 0 Å². The number of hydrogen-bond donors (Lipinski definition) is 1. The van der Waals surface area contributed by atoms with E-state index < -0.39 is 0 Å². The number of rotatable bonds is 8. The van der Waals surface area contributed by atoms with Crippen LogP contribution in [-0.2, 0) is 11.2 Å². The van der Waals surface area contributed by atoms with Gasteiger partial charge < -0.3 is 10.2 Å². The lowest BCUT2D eigenvalue weighted by molar-refractivity contribution is -0.126. The molecule has 4 heteroatoms. The van der Waals surface area contributed by atoms with E-state index in [0.717, 1.165) is 39.1 Å². The van der Waals surface area contributed by atoms with Gasteiger partial charge in [-0.15, -0.1) is 0 Å². The summed E-state index contributed by atoms with van der Waals surface area (Å²) in [6.07, 6.45) is 1.09. The highest BCUT2D eigenvalue weighted by Gasteiger charge is 2.25. The van der Waals surface area contributed by atoms with Crippen molar-refractivity contribution in [1.82, 2.24) is 15.1 Å². The van der Waals surface area contributed by atoms with E-state index in [-0.39, 0.29) is 11.9 Å². The SMILES string of the molecule is CC(CNC(=O)C(C)N1CCN(CCc2ccccc2)CC1)c1ccccc1. The Morgan fingerprint density at radius 1 is 0.929 bits per heavy atom. The highest BCUT2D eigenvalue weighted by atomic mass is 16.2. The van der Waals surface area contributed by atoms with E-state index in [0.29, 0.717) is 12.5 Å². The summed E-state index contributed by atoms with van der Waals surface area (Å²) in [7, 11) is 0. The predicted octanol–water partition coefficient (Wildman–Crippen LogP) is 3.16. The topological polar surface area (TPSA) is 35.6 Å². The Morgan fingerprint density at radius 2 is 1.54 bits per heavy atom. The molecule has 1 heterocycles. The quantitative estimate of drug-likeness (QED) is 0.765. The number of nitrogens with one attached hydrogen (secondary N) is 1. The van der Waals surface area contributed by atoms with Crippen molar-refractivity contribution in [2.45, 2.75) is 32.2 Å². The third kappa shape index (κ3) is 5.91. The molecule has 0 spiro atoms. The van der Waals surface area contributed by atoms with E-state index in [1.807, 2.05) is 25.1 Å². The summed E-state index contributed by atoms with van der Waals surface area (Å²) in [4.78, 5) is 17.4. The molecule has 0 saturated carbocycles. The van der Waals surface area contributed by atoms with Crippen LogP contribution >= 0.6 is 0 Å². The minimum absolute atomic E-state index is 0.0701. The van der Waals surface area contributed by atoms with Gasteiger partial charge in [0.05, 0.1) is 6.04 Å². The van der Waals surface area contributed by atoms with Crippen molar-refractivity contribution in [2.24, 2.45) is 0 Å². The zero-order valence-corrected chi connectivity index (χ0v) is 17.2. The Hall–Kier alpha value is -2.17. The summed E-state index contributed by atoms with van der Waals surface area (Å²) >= 11 is 0. The fourth-order valence-corrected chi connectivity index (χ4v) is 3.77. The number of carbonyl (C=O) groups is 1. The van der Waals surface area contributed by atoms with E-state index in [1.54, 1.807) is 0 Å². The Bertz CT molecular complexity index is 711. The molecule has 2 aromatic carbocycles. The Labute approximate surface area is 169 Å². The summed E-state index contributed by atoms with van der Waals surface area (Å²) in [6, 6.07) is 21.0. The maximum Gasteiger partial charge on any atom is 0.237 e. The molecule has 28 heavy (non-hydrogen) atoms. The minimum Gasteiger partial charge on any atom is -0.354 e. The largest absolute Gasteiger partial charge is 0.354 e. The number of nitrogens with zero attached hydrogens (tertiary/aromatic N) is 2.